The molecule has 1 aromatic rings. The van der Waals surface area contributed by atoms with E-state index in [0.717, 1.165) is 19.3 Å². The quantitative estimate of drug-likeness (QED) is 0.909. The number of carbonyl (C=O) groups excluding carboxylic acids is 1. The lowest BCUT2D eigenvalue weighted by Gasteiger charge is -2.28. The number of hydrogen-bond donors (Lipinski definition) is 1. The molecule has 1 fully saturated rings. The maximum absolute atomic E-state index is 12.3. The van der Waals surface area contributed by atoms with E-state index < -0.39 is 6.10 Å². The van der Waals surface area contributed by atoms with Gasteiger partial charge >= 0.3 is 0 Å². The lowest BCUT2D eigenvalue weighted by Crippen LogP contribution is -2.49. The molecule has 116 valence electrons. The number of carbonyl (C=O) groups is 1. The molecule has 0 saturated heterocycles. The monoisotopic (exact) mass is 310 g/mol. The normalized spacial score (nSPS) is 23.1. The Hall–Kier alpha value is -1.26. The fraction of sp³-hybridized carbons (Fsp3) is 0.562. The zero-order valence-electron chi connectivity index (χ0n) is 12.8. The summed E-state index contributed by atoms with van der Waals surface area (Å²) >= 11 is 6.04. The number of nitrogens with one attached hydrogen (secondary N) is 1. The third-order valence-electron chi connectivity index (χ3n) is 3.98. The topological polar surface area (TPSA) is 41.6 Å². The summed E-state index contributed by atoms with van der Waals surface area (Å²) in [7, 11) is 4.11. The molecule has 2 rings (SSSR count). The number of para-hydroxylation sites is 1. The number of amides is 1. The van der Waals surface area contributed by atoms with Crippen LogP contribution in [0.4, 0.5) is 0 Å². The average molecular weight is 311 g/mol. The van der Waals surface area contributed by atoms with E-state index in [4.69, 9.17) is 16.3 Å². The Morgan fingerprint density at radius 2 is 2.10 bits per heavy atom. The molecule has 0 spiro atoms. The fourth-order valence-electron chi connectivity index (χ4n) is 2.81. The van der Waals surface area contributed by atoms with E-state index >= 15 is 0 Å². The standard InChI is InChI=1S/C16H23ClN2O2/c1-11(21-15-10-5-4-7-12(15)17)16(20)18-13-8-6-9-14(13)19(2)3/h4-5,7,10-11,13-14H,6,8-9H2,1-3H3,(H,18,20)/t11-,13+,14-/m0/s1. The van der Waals surface area contributed by atoms with Crippen LogP contribution >= 0.6 is 11.6 Å². The molecule has 0 bridgehead atoms. The van der Waals surface area contributed by atoms with Crippen LogP contribution in [0.2, 0.25) is 5.02 Å². The minimum absolute atomic E-state index is 0.0892. The number of ether oxygens (including phenoxy) is 1. The number of halogens is 1. The van der Waals surface area contributed by atoms with Gasteiger partial charge in [0.15, 0.2) is 6.10 Å². The Balaban J connectivity index is 1.92. The highest BCUT2D eigenvalue weighted by atomic mass is 35.5. The van der Waals surface area contributed by atoms with Gasteiger partial charge in [0.2, 0.25) is 0 Å². The number of nitrogens with zero attached hydrogens (tertiary/aromatic N) is 1. The molecule has 1 aliphatic rings. The van der Waals surface area contributed by atoms with Crippen LogP contribution in [0.5, 0.6) is 5.75 Å². The van der Waals surface area contributed by atoms with Gasteiger partial charge in [-0.25, -0.2) is 0 Å². The maximum atomic E-state index is 12.3. The van der Waals surface area contributed by atoms with Crippen molar-refractivity contribution >= 4 is 17.5 Å². The molecule has 1 aromatic carbocycles. The SMILES string of the molecule is C[C@H](Oc1ccccc1Cl)C(=O)N[C@@H]1CCC[C@@H]1N(C)C. The van der Waals surface area contributed by atoms with Crippen molar-refractivity contribution < 1.29 is 9.53 Å². The molecule has 0 unspecified atom stereocenters. The predicted octanol–water partition coefficient (Wildman–Crippen LogP) is 2.71. The molecule has 0 heterocycles. The zero-order valence-corrected chi connectivity index (χ0v) is 13.6. The van der Waals surface area contributed by atoms with Crippen molar-refractivity contribution in [1.82, 2.24) is 10.2 Å². The summed E-state index contributed by atoms with van der Waals surface area (Å²) in [6, 6.07) is 7.79. The molecule has 0 aliphatic heterocycles. The summed E-state index contributed by atoms with van der Waals surface area (Å²) in [4.78, 5) is 14.5. The van der Waals surface area contributed by atoms with Crippen LogP contribution in [0.15, 0.2) is 24.3 Å². The Morgan fingerprint density at radius 1 is 1.38 bits per heavy atom. The molecule has 5 heteroatoms. The van der Waals surface area contributed by atoms with Crippen molar-refractivity contribution in [2.24, 2.45) is 0 Å². The first-order chi connectivity index (χ1) is 9.99. The van der Waals surface area contributed by atoms with Crippen LogP contribution in [0, 0.1) is 0 Å². The van der Waals surface area contributed by atoms with E-state index in [0.29, 0.717) is 16.8 Å². The van der Waals surface area contributed by atoms with Crippen LogP contribution in [-0.4, -0.2) is 43.1 Å². The van der Waals surface area contributed by atoms with Crippen molar-refractivity contribution in [2.45, 2.75) is 44.4 Å². The summed E-state index contributed by atoms with van der Waals surface area (Å²) < 4.78 is 5.66. The molecular formula is C16H23ClN2O2. The Kier molecular flexibility index (Phi) is 5.48. The van der Waals surface area contributed by atoms with E-state index in [9.17, 15) is 4.79 Å². The van der Waals surface area contributed by atoms with Crippen molar-refractivity contribution in [3.63, 3.8) is 0 Å². The maximum Gasteiger partial charge on any atom is 0.261 e. The van der Waals surface area contributed by atoms with E-state index in [1.807, 2.05) is 12.1 Å². The molecule has 1 N–H and O–H groups in total. The van der Waals surface area contributed by atoms with Gasteiger partial charge < -0.3 is 15.0 Å². The highest BCUT2D eigenvalue weighted by molar-refractivity contribution is 6.32. The summed E-state index contributed by atoms with van der Waals surface area (Å²) in [5, 5.41) is 3.62. The third kappa shape index (κ3) is 4.11. The van der Waals surface area contributed by atoms with E-state index in [-0.39, 0.29) is 11.9 Å². The van der Waals surface area contributed by atoms with Crippen LogP contribution < -0.4 is 10.1 Å². The van der Waals surface area contributed by atoms with E-state index in [1.165, 1.54) is 0 Å². The first kappa shape index (κ1) is 16.1. The molecular weight excluding hydrogens is 288 g/mol. The second kappa shape index (κ2) is 7.14. The molecule has 3 atom stereocenters. The van der Waals surface area contributed by atoms with Gasteiger partial charge in [0.25, 0.3) is 5.91 Å². The Labute approximate surface area is 131 Å². The number of likely N-dealkylation sites (N-methyl/N-ethyl adjacent to an activating group) is 1. The van der Waals surface area contributed by atoms with Crippen molar-refractivity contribution in [3.8, 4) is 5.75 Å². The van der Waals surface area contributed by atoms with Crippen molar-refractivity contribution in [3.05, 3.63) is 29.3 Å². The van der Waals surface area contributed by atoms with Crippen LogP contribution in [0.25, 0.3) is 0 Å². The number of hydrogen-bond acceptors (Lipinski definition) is 3. The van der Waals surface area contributed by atoms with Gasteiger partial charge in [0.05, 0.1) is 5.02 Å². The van der Waals surface area contributed by atoms with Crippen molar-refractivity contribution in [2.75, 3.05) is 14.1 Å². The minimum atomic E-state index is -0.562. The minimum Gasteiger partial charge on any atom is -0.479 e. The zero-order chi connectivity index (χ0) is 15.4. The van der Waals surface area contributed by atoms with Gasteiger partial charge in [-0.1, -0.05) is 23.7 Å². The molecule has 1 amide bonds. The van der Waals surface area contributed by atoms with Gasteiger partial charge in [-0.05, 0) is 52.4 Å². The summed E-state index contributed by atoms with van der Waals surface area (Å²) in [5.74, 6) is 0.450. The first-order valence-corrected chi connectivity index (χ1v) is 7.75. The van der Waals surface area contributed by atoms with Gasteiger partial charge in [0, 0.05) is 12.1 Å². The summed E-state index contributed by atoms with van der Waals surface area (Å²) in [6.45, 7) is 1.75. The molecule has 1 aliphatic carbocycles. The lowest BCUT2D eigenvalue weighted by atomic mass is 10.1. The van der Waals surface area contributed by atoms with Gasteiger partial charge in [0.1, 0.15) is 5.75 Å². The molecule has 4 nitrogen and oxygen atoms in total. The first-order valence-electron chi connectivity index (χ1n) is 7.37. The van der Waals surface area contributed by atoms with Gasteiger partial charge in [-0.15, -0.1) is 0 Å². The smallest absolute Gasteiger partial charge is 0.261 e. The second-order valence-electron chi connectivity index (χ2n) is 5.77. The largest absolute Gasteiger partial charge is 0.479 e. The summed E-state index contributed by atoms with van der Waals surface area (Å²) in [6.07, 6.45) is 2.73. The molecule has 0 aromatic heterocycles. The lowest BCUT2D eigenvalue weighted by molar-refractivity contribution is -0.128. The van der Waals surface area contributed by atoms with E-state index in [1.54, 1.807) is 19.1 Å². The van der Waals surface area contributed by atoms with Crippen LogP contribution in [0.1, 0.15) is 26.2 Å². The van der Waals surface area contributed by atoms with Crippen LogP contribution in [0.3, 0.4) is 0 Å². The average Bonchev–Trinajstić information content (AvgIpc) is 2.89. The predicted molar refractivity (Wildman–Crippen MR) is 84.8 cm³/mol. The molecule has 21 heavy (non-hydrogen) atoms. The van der Waals surface area contributed by atoms with Crippen LogP contribution in [-0.2, 0) is 4.79 Å². The Morgan fingerprint density at radius 3 is 2.76 bits per heavy atom. The van der Waals surface area contributed by atoms with Gasteiger partial charge in [-0.3, -0.25) is 4.79 Å². The highest BCUT2D eigenvalue weighted by Gasteiger charge is 2.31. The van der Waals surface area contributed by atoms with Crippen molar-refractivity contribution in [1.29, 1.82) is 0 Å². The Bertz CT molecular complexity index is 493. The fourth-order valence-corrected chi connectivity index (χ4v) is 2.99. The molecule has 1 saturated carbocycles. The molecule has 0 radical (unpaired) electrons. The highest BCUT2D eigenvalue weighted by Crippen LogP contribution is 2.25. The number of benzene rings is 1. The third-order valence-corrected chi connectivity index (χ3v) is 4.29. The summed E-state index contributed by atoms with van der Waals surface area (Å²) in [5.41, 5.74) is 0. The number of rotatable bonds is 5. The second-order valence-corrected chi connectivity index (χ2v) is 6.17. The van der Waals surface area contributed by atoms with E-state index in [2.05, 4.69) is 24.3 Å². The van der Waals surface area contributed by atoms with Gasteiger partial charge in [-0.2, -0.15) is 0 Å².